The van der Waals surface area contributed by atoms with E-state index in [0.29, 0.717) is 20.9 Å². The van der Waals surface area contributed by atoms with Crippen LogP contribution in [0.15, 0.2) is 58.3 Å². The van der Waals surface area contributed by atoms with Crippen molar-refractivity contribution in [3.05, 3.63) is 59.7 Å². The molecule has 0 amide bonds. The van der Waals surface area contributed by atoms with Crippen molar-refractivity contribution < 1.29 is 23.6 Å². The van der Waals surface area contributed by atoms with Gasteiger partial charge in [0, 0.05) is 15.4 Å². The molecule has 2 aromatic carbocycles. The molecular formula is C16H14O5S. The van der Waals surface area contributed by atoms with E-state index in [4.69, 9.17) is 5.11 Å². The maximum absolute atomic E-state index is 12.4. The number of ketones is 1. The molecule has 0 aliphatic rings. The molecule has 0 heterocycles. The molecule has 0 radical (unpaired) electrons. The highest BCUT2D eigenvalue weighted by atomic mass is 32.2. The Labute approximate surface area is 130 Å². The van der Waals surface area contributed by atoms with Crippen LogP contribution in [0.3, 0.4) is 0 Å². The molecule has 22 heavy (non-hydrogen) atoms. The number of esters is 1. The van der Waals surface area contributed by atoms with E-state index in [1.165, 1.54) is 19.2 Å². The zero-order valence-corrected chi connectivity index (χ0v) is 12.6. The van der Waals surface area contributed by atoms with Crippen molar-refractivity contribution in [2.75, 3.05) is 13.7 Å². The zero-order chi connectivity index (χ0) is 16.1. The summed E-state index contributed by atoms with van der Waals surface area (Å²) >= 11 is 0. The molecule has 1 atom stereocenters. The first-order chi connectivity index (χ1) is 10.6. The van der Waals surface area contributed by atoms with Gasteiger partial charge in [-0.15, -0.1) is 0 Å². The number of carbonyl (C=O) groups excluding carboxylic acids is 2. The van der Waals surface area contributed by atoms with Crippen molar-refractivity contribution in [2.24, 2.45) is 0 Å². The van der Waals surface area contributed by atoms with Crippen molar-refractivity contribution in [2.45, 2.75) is 9.79 Å². The first-order valence-electron chi connectivity index (χ1n) is 6.41. The first-order valence-corrected chi connectivity index (χ1v) is 7.56. The fourth-order valence-corrected chi connectivity index (χ4v) is 2.86. The number of carbonyl (C=O) groups is 2. The van der Waals surface area contributed by atoms with Gasteiger partial charge >= 0.3 is 5.97 Å². The molecule has 0 saturated heterocycles. The third-order valence-corrected chi connectivity index (χ3v) is 4.42. The zero-order valence-electron chi connectivity index (χ0n) is 11.8. The van der Waals surface area contributed by atoms with Gasteiger partial charge in [0.2, 0.25) is 0 Å². The second-order valence-electron chi connectivity index (χ2n) is 4.39. The quantitative estimate of drug-likeness (QED) is 0.672. The molecule has 0 aliphatic heterocycles. The van der Waals surface area contributed by atoms with Gasteiger partial charge in [0.05, 0.1) is 23.5 Å². The molecule has 5 nitrogen and oxygen atoms in total. The number of aliphatic hydroxyl groups is 1. The minimum atomic E-state index is -1.42. The number of hydrogen-bond donors (Lipinski definition) is 1. The number of ether oxygens (including phenoxy) is 1. The van der Waals surface area contributed by atoms with E-state index in [1.54, 1.807) is 36.4 Å². The maximum atomic E-state index is 12.4. The predicted octanol–water partition coefficient (Wildman–Crippen LogP) is 1.81. The minimum Gasteiger partial charge on any atom is -0.465 e. The molecule has 0 aliphatic carbocycles. The van der Waals surface area contributed by atoms with Gasteiger partial charge in [-0.05, 0) is 36.4 Å². The Morgan fingerprint density at radius 3 is 1.82 bits per heavy atom. The Kier molecular flexibility index (Phi) is 5.19. The van der Waals surface area contributed by atoms with Crippen LogP contribution in [0.1, 0.15) is 20.7 Å². The molecule has 1 N–H and O–H groups in total. The smallest absolute Gasteiger partial charge is 0.337 e. The van der Waals surface area contributed by atoms with Crippen molar-refractivity contribution >= 4 is 22.6 Å². The van der Waals surface area contributed by atoms with E-state index in [2.05, 4.69) is 4.74 Å². The SMILES string of the molecule is COC(=O)c1ccc(S(=O)c2ccc(C(=O)CO)cc2)cc1. The lowest BCUT2D eigenvalue weighted by Gasteiger charge is -2.05. The minimum absolute atomic E-state index is 0.365. The van der Waals surface area contributed by atoms with E-state index >= 15 is 0 Å². The lowest BCUT2D eigenvalue weighted by molar-refractivity contribution is 0.0600. The van der Waals surface area contributed by atoms with Gasteiger partial charge in [0.1, 0.15) is 6.61 Å². The van der Waals surface area contributed by atoms with Gasteiger partial charge in [0.25, 0.3) is 0 Å². The highest BCUT2D eigenvalue weighted by Crippen LogP contribution is 2.18. The summed E-state index contributed by atoms with van der Waals surface area (Å²) in [5.41, 5.74) is 0.747. The standard InChI is InChI=1S/C16H14O5S/c1-21-16(19)12-4-8-14(9-5-12)22(20)13-6-2-11(3-7-13)15(18)10-17/h2-9,17H,10H2,1H3. The predicted molar refractivity (Wildman–Crippen MR) is 80.3 cm³/mol. The lowest BCUT2D eigenvalue weighted by Crippen LogP contribution is -2.04. The number of rotatable bonds is 5. The van der Waals surface area contributed by atoms with Gasteiger partial charge < -0.3 is 9.84 Å². The number of methoxy groups -OCH3 is 1. The molecule has 1 unspecified atom stereocenters. The highest BCUT2D eigenvalue weighted by Gasteiger charge is 2.11. The second-order valence-corrected chi connectivity index (χ2v) is 5.87. The molecule has 0 saturated carbocycles. The fourth-order valence-electron chi connectivity index (χ4n) is 1.82. The Morgan fingerprint density at radius 2 is 1.41 bits per heavy atom. The summed E-state index contributed by atoms with van der Waals surface area (Å²) in [5.74, 6) is -0.844. The van der Waals surface area contributed by atoms with E-state index in [0.717, 1.165) is 0 Å². The van der Waals surface area contributed by atoms with Crippen molar-refractivity contribution in [3.8, 4) is 0 Å². The van der Waals surface area contributed by atoms with Crippen molar-refractivity contribution in [1.29, 1.82) is 0 Å². The Bertz CT molecular complexity index is 643. The largest absolute Gasteiger partial charge is 0.465 e. The highest BCUT2D eigenvalue weighted by molar-refractivity contribution is 7.85. The Balaban J connectivity index is 2.21. The van der Waals surface area contributed by atoms with Gasteiger partial charge in [-0.2, -0.15) is 0 Å². The molecular weight excluding hydrogens is 304 g/mol. The van der Waals surface area contributed by atoms with Crippen LogP contribution in [-0.2, 0) is 15.5 Å². The third-order valence-electron chi connectivity index (χ3n) is 3.02. The molecule has 114 valence electrons. The van der Waals surface area contributed by atoms with Crippen LogP contribution in [0.5, 0.6) is 0 Å². The number of hydrogen-bond acceptors (Lipinski definition) is 5. The van der Waals surface area contributed by atoms with Crippen LogP contribution < -0.4 is 0 Å². The fraction of sp³-hybridized carbons (Fsp3) is 0.125. The topological polar surface area (TPSA) is 80.7 Å². The summed E-state index contributed by atoms with van der Waals surface area (Å²) in [7, 11) is -0.124. The van der Waals surface area contributed by atoms with Gasteiger partial charge in [0.15, 0.2) is 5.78 Å². The van der Waals surface area contributed by atoms with Crippen LogP contribution in [0, 0.1) is 0 Å². The van der Waals surface area contributed by atoms with Crippen LogP contribution >= 0.6 is 0 Å². The van der Waals surface area contributed by atoms with Crippen molar-refractivity contribution in [1.82, 2.24) is 0 Å². The molecule has 6 heteroatoms. The van der Waals surface area contributed by atoms with Crippen LogP contribution in [0.4, 0.5) is 0 Å². The second kappa shape index (κ2) is 7.11. The maximum Gasteiger partial charge on any atom is 0.337 e. The Hall–Kier alpha value is -2.31. The van der Waals surface area contributed by atoms with Crippen molar-refractivity contribution in [3.63, 3.8) is 0 Å². The van der Waals surface area contributed by atoms with E-state index in [-0.39, 0.29) is 5.78 Å². The van der Waals surface area contributed by atoms with Gasteiger partial charge in [-0.3, -0.25) is 4.79 Å². The van der Waals surface area contributed by atoms with E-state index in [9.17, 15) is 13.8 Å². The summed E-state index contributed by atoms with van der Waals surface area (Å²) in [4.78, 5) is 23.7. The summed E-state index contributed by atoms with van der Waals surface area (Å²) < 4.78 is 17.0. The van der Waals surface area contributed by atoms with Crippen LogP contribution in [0.25, 0.3) is 0 Å². The molecule has 0 bridgehead atoms. The van der Waals surface area contributed by atoms with Gasteiger partial charge in [-0.25, -0.2) is 9.00 Å². The third kappa shape index (κ3) is 3.47. The number of benzene rings is 2. The average molecular weight is 318 g/mol. The normalized spacial score (nSPS) is 11.7. The van der Waals surface area contributed by atoms with E-state index < -0.39 is 23.4 Å². The average Bonchev–Trinajstić information content (AvgIpc) is 2.60. The Morgan fingerprint density at radius 1 is 0.955 bits per heavy atom. The summed E-state index contributed by atoms with van der Waals surface area (Å²) in [5, 5.41) is 8.79. The summed E-state index contributed by atoms with van der Waals surface area (Å²) in [6.07, 6.45) is 0. The first kappa shape index (κ1) is 16.1. The summed E-state index contributed by atoms with van der Waals surface area (Å²) in [6.45, 7) is -0.558. The van der Waals surface area contributed by atoms with Gasteiger partial charge in [-0.1, -0.05) is 12.1 Å². The summed E-state index contributed by atoms with van der Waals surface area (Å²) in [6, 6.07) is 12.5. The molecule has 2 aromatic rings. The molecule has 0 aromatic heterocycles. The lowest BCUT2D eigenvalue weighted by atomic mass is 10.1. The van der Waals surface area contributed by atoms with Crippen LogP contribution in [-0.4, -0.2) is 34.8 Å². The number of Topliss-reactive ketones (excluding diaryl/α,β-unsaturated/α-hetero) is 1. The van der Waals surface area contributed by atoms with Crippen LogP contribution in [0.2, 0.25) is 0 Å². The van der Waals surface area contributed by atoms with E-state index in [1.807, 2.05) is 0 Å². The number of aliphatic hydroxyl groups excluding tert-OH is 1. The molecule has 0 spiro atoms. The monoisotopic (exact) mass is 318 g/mol. The molecule has 0 fully saturated rings. The molecule has 2 rings (SSSR count).